The van der Waals surface area contributed by atoms with E-state index in [-0.39, 0.29) is 31.2 Å². The van der Waals surface area contributed by atoms with Crippen LogP contribution in [0.3, 0.4) is 0 Å². The molecule has 0 saturated heterocycles. The first-order chi connectivity index (χ1) is 20.1. The maximum atomic E-state index is 13.3. The van der Waals surface area contributed by atoms with Crippen LogP contribution in [-0.2, 0) is 35.1 Å². The number of rotatable bonds is 7. The number of benzene rings is 2. The molecule has 0 aromatic heterocycles. The Balaban J connectivity index is 1.88. The molecule has 0 spiro atoms. The van der Waals surface area contributed by atoms with Crippen molar-refractivity contribution in [3.63, 3.8) is 0 Å². The van der Waals surface area contributed by atoms with Crippen LogP contribution < -0.4 is 10.6 Å². The predicted molar refractivity (Wildman–Crippen MR) is 162 cm³/mol. The van der Waals surface area contributed by atoms with E-state index in [1.54, 1.807) is 13.0 Å². The molecule has 1 heterocycles. The topological polar surface area (TPSA) is 111 Å². The molecule has 1 aliphatic heterocycles. The Bertz CT molecular complexity index is 1240. The van der Waals surface area contributed by atoms with Crippen molar-refractivity contribution in [2.45, 2.75) is 65.2 Å². The number of ether oxygens (including phenoxy) is 2. The van der Waals surface area contributed by atoms with Crippen LogP contribution in [-0.4, -0.2) is 48.5 Å². The van der Waals surface area contributed by atoms with Gasteiger partial charge in [0.1, 0.15) is 12.1 Å². The molecule has 8 heteroatoms. The Morgan fingerprint density at radius 3 is 2.24 bits per heavy atom. The Morgan fingerprint density at radius 2 is 1.57 bits per heavy atom. The molecule has 2 aromatic rings. The second kappa shape index (κ2) is 16.3. The van der Waals surface area contributed by atoms with Crippen LogP contribution in [0, 0.1) is 17.8 Å². The van der Waals surface area contributed by atoms with Gasteiger partial charge in [0.05, 0.1) is 5.92 Å². The van der Waals surface area contributed by atoms with Crippen molar-refractivity contribution in [1.29, 1.82) is 0 Å². The first-order valence-corrected chi connectivity index (χ1v) is 14.5. The van der Waals surface area contributed by atoms with E-state index in [0.29, 0.717) is 6.42 Å². The maximum absolute atomic E-state index is 13.3. The van der Waals surface area contributed by atoms with Crippen LogP contribution in [0.5, 0.6) is 0 Å². The molecular formula is C34H42N2O6. The summed E-state index contributed by atoms with van der Waals surface area (Å²) in [6.07, 6.45) is 6.01. The van der Waals surface area contributed by atoms with Crippen LogP contribution >= 0.6 is 0 Å². The molecule has 0 fully saturated rings. The second-order valence-corrected chi connectivity index (χ2v) is 11.2. The van der Waals surface area contributed by atoms with E-state index in [1.165, 1.54) is 6.08 Å². The fourth-order valence-corrected chi connectivity index (χ4v) is 4.47. The van der Waals surface area contributed by atoms with Crippen molar-refractivity contribution in [1.82, 2.24) is 10.6 Å². The van der Waals surface area contributed by atoms with Crippen molar-refractivity contribution in [3.8, 4) is 0 Å². The SMILES string of the molecule is CC(C)CC1OC(=O)[C@H](C)CNC(=O)[C@@H](Cc2ccccc2)NC(=O)/C=C/CC([C@H](C)/C=C/c2ccccc2)OC1=O. The molecule has 2 amide bonds. The van der Waals surface area contributed by atoms with Gasteiger partial charge in [-0.1, -0.05) is 107 Å². The lowest BCUT2D eigenvalue weighted by atomic mass is 9.99. The number of carbonyl (C=O) groups is 4. The predicted octanol–water partition coefficient (Wildman–Crippen LogP) is 4.65. The maximum Gasteiger partial charge on any atom is 0.347 e. The lowest BCUT2D eigenvalue weighted by Gasteiger charge is -2.26. The highest BCUT2D eigenvalue weighted by atomic mass is 16.6. The third kappa shape index (κ3) is 10.7. The van der Waals surface area contributed by atoms with Crippen LogP contribution in [0.4, 0.5) is 0 Å². The van der Waals surface area contributed by atoms with Gasteiger partial charge in [-0.2, -0.15) is 0 Å². The highest BCUT2D eigenvalue weighted by molar-refractivity contribution is 5.93. The van der Waals surface area contributed by atoms with E-state index in [9.17, 15) is 19.2 Å². The van der Waals surface area contributed by atoms with Crippen molar-refractivity contribution in [3.05, 3.63) is 90.0 Å². The molecule has 224 valence electrons. The molecule has 42 heavy (non-hydrogen) atoms. The molecule has 1 aliphatic rings. The lowest BCUT2D eigenvalue weighted by molar-refractivity contribution is -0.175. The molecule has 3 rings (SSSR count). The molecule has 2 N–H and O–H groups in total. The molecule has 8 nitrogen and oxygen atoms in total. The summed E-state index contributed by atoms with van der Waals surface area (Å²) >= 11 is 0. The van der Waals surface area contributed by atoms with Crippen LogP contribution in [0.2, 0.25) is 0 Å². The van der Waals surface area contributed by atoms with E-state index < -0.39 is 47.9 Å². The van der Waals surface area contributed by atoms with Crippen LogP contribution in [0.15, 0.2) is 78.9 Å². The van der Waals surface area contributed by atoms with Crippen molar-refractivity contribution in [2.24, 2.45) is 17.8 Å². The summed E-state index contributed by atoms with van der Waals surface area (Å²) in [5.41, 5.74) is 1.88. The number of cyclic esters (lactones) is 2. The molecular weight excluding hydrogens is 532 g/mol. The minimum atomic E-state index is -1.09. The number of carbonyl (C=O) groups excluding carboxylic acids is 4. The molecule has 2 aromatic carbocycles. The van der Waals surface area contributed by atoms with Gasteiger partial charge in [0.25, 0.3) is 0 Å². The van der Waals surface area contributed by atoms with E-state index in [0.717, 1.165) is 11.1 Å². The zero-order valence-electron chi connectivity index (χ0n) is 24.8. The normalized spacial score (nSPS) is 24.4. The Labute approximate surface area is 248 Å². The fraction of sp³-hybridized carbons (Fsp3) is 0.412. The molecule has 5 atom stereocenters. The van der Waals surface area contributed by atoms with Crippen molar-refractivity contribution < 1.29 is 28.7 Å². The van der Waals surface area contributed by atoms with E-state index in [1.807, 2.05) is 93.6 Å². The average molecular weight is 575 g/mol. The minimum Gasteiger partial charge on any atom is -0.459 e. The number of esters is 2. The van der Waals surface area contributed by atoms with Crippen molar-refractivity contribution in [2.75, 3.05) is 6.54 Å². The first-order valence-electron chi connectivity index (χ1n) is 14.5. The van der Waals surface area contributed by atoms with E-state index in [4.69, 9.17) is 9.47 Å². The molecule has 0 aliphatic carbocycles. The number of hydrogen-bond donors (Lipinski definition) is 2. The van der Waals surface area contributed by atoms with Crippen LogP contribution in [0.25, 0.3) is 6.08 Å². The van der Waals surface area contributed by atoms with Gasteiger partial charge in [0.2, 0.25) is 11.8 Å². The number of hydrogen-bond acceptors (Lipinski definition) is 6. The molecule has 0 radical (unpaired) electrons. The van der Waals surface area contributed by atoms with Gasteiger partial charge >= 0.3 is 11.9 Å². The zero-order valence-corrected chi connectivity index (χ0v) is 24.8. The molecule has 0 bridgehead atoms. The summed E-state index contributed by atoms with van der Waals surface area (Å²) < 4.78 is 11.6. The summed E-state index contributed by atoms with van der Waals surface area (Å²) in [6, 6.07) is 18.3. The largest absolute Gasteiger partial charge is 0.459 e. The zero-order chi connectivity index (χ0) is 30.5. The lowest BCUT2D eigenvalue weighted by Crippen LogP contribution is -2.49. The third-order valence-corrected chi connectivity index (χ3v) is 6.99. The summed E-state index contributed by atoms with van der Waals surface area (Å²) in [5, 5.41) is 5.53. The fourth-order valence-electron chi connectivity index (χ4n) is 4.47. The Morgan fingerprint density at radius 1 is 0.905 bits per heavy atom. The van der Waals surface area contributed by atoms with Gasteiger partial charge in [-0.25, -0.2) is 4.79 Å². The molecule has 2 unspecified atom stereocenters. The summed E-state index contributed by atoms with van der Waals surface area (Å²) in [4.78, 5) is 52.3. The van der Waals surface area contributed by atoms with Gasteiger partial charge in [-0.3, -0.25) is 14.4 Å². The monoisotopic (exact) mass is 574 g/mol. The van der Waals surface area contributed by atoms with Crippen LogP contribution in [0.1, 0.15) is 51.7 Å². The van der Waals surface area contributed by atoms with Gasteiger partial charge in [0.15, 0.2) is 6.10 Å². The highest BCUT2D eigenvalue weighted by Crippen LogP contribution is 2.20. The summed E-state index contributed by atoms with van der Waals surface area (Å²) in [7, 11) is 0. The number of nitrogens with one attached hydrogen (secondary N) is 2. The molecule has 0 saturated carbocycles. The Kier molecular flexibility index (Phi) is 12.5. The Hall–Kier alpha value is -4.20. The van der Waals surface area contributed by atoms with Crippen molar-refractivity contribution >= 4 is 29.8 Å². The minimum absolute atomic E-state index is 0.0119. The smallest absolute Gasteiger partial charge is 0.347 e. The summed E-state index contributed by atoms with van der Waals surface area (Å²) in [6.45, 7) is 7.40. The summed E-state index contributed by atoms with van der Waals surface area (Å²) in [5.74, 6) is -2.98. The number of amides is 2. The second-order valence-electron chi connectivity index (χ2n) is 11.2. The highest BCUT2D eigenvalue weighted by Gasteiger charge is 2.31. The van der Waals surface area contributed by atoms with Gasteiger partial charge in [-0.15, -0.1) is 0 Å². The van der Waals surface area contributed by atoms with Gasteiger partial charge in [-0.05, 0) is 29.5 Å². The first kappa shape index (κ1) is 32.3. The van der Waals surface area contributed by atoms with Gasteiger partial charge < -0.3 is 20.1 Å². The van der Waals surface area contributed by atoms with E-state index in [2.05, 4.69) is 10.6 Å². The van der Waals surface area contributed by atoms with E-state index >= 15 is 0 Å². The quantitative estimate of drug-likeness (QED) is 0.466. The average Bonchev–Trinajstić information content (AvgIpc) is 2.97. The standard InChI is InChI=1S/C34H42N2O6/c1-23(2)20-30-34(40)41-29(24(3)18-19-26-12-7-5-8-13-26)16-11-17-31(37)36-28(21-27-14-9-6-10-15-27)32(38)35-22-25(4)33(39)42-30/h5-15,17-19,23-25,28-30H,16,20-22H2,1-4H3,(H,35,38)(H,36,37)/b17-11+,19-18+/t24-,25-,28-,29?,30?/m1/s1. The van der Waals surface area contributed by atoms with Gasteiger partial charge in [0, 0.05) is 25.3 Å². The third-order valence-electron chi connectivity index (χ3n) is 6.99.